The first-order valence-electron chi connectivity index (χ1n) is 13.0. The fourth-order valence-corrected chi connectivity index (χ4v) is 3.10. The minimum atomic E-state index is -1.57. The van der Waals surface area contributed by atoms with E-state index in [1.54, 1.807) is 13.0 Å². The Balaban J connectivity index is 3.16. The zero-order chi connectivity index (χ0) is 29.8. The highest BCUT2D eigenvalue weighted by molar-refractivity contribution is 5.81. The molecule has 0 aliphatic carbocycles. The molecule has 0 spiro atoms. The summed E-state index contributed by atoms with van der Waals surface area (Å²) in [6, 6.07) is 4.34. The van der Waals surface area contributed by atoms with Crippen molar-refractivity contribution in [3.63, 3.8) is 0 Å². The van der Waals surface area contributed by atoms with Crippen LogP contribution in [0.5, 0.6) is 11.5 Å². The summed E-state index contributed by atoms with van der Waals surface area (Å²) in [5.74, 6) is -1.39. The predicted molar refractivity (Wildman–Crippen MR) is 142 cm³/mol. The van der Waals surface area contributed by atoms with E-state index in [-0.39, 0.29) is 67.8 Å². The number of methoxy groups -OCH3 is 1. The summed E-state index contributed by atoms with van der Waals surface area (Å²) in [4.78, 5) is 49.3. The molecule has 0 heterocycles. The van der Waals surface area contributed by atoms with Crippen molar-refractivity contribution in [1.82, 2.24) is 0 Å². The lowest BCUT2D eigenvalue weighted by atomic mass is 9.88. The lowest BCUT2D eigenvalue weighted by Gasteiger charge is -2.27. The molecule has 1 unspecified atom stereocenters. The van der Waals surface area contributed by atoms with Crippen molar-refractivity contribution in [3.8, 4) is 11.5 Å². The molecule has 11 nitrogen and oxygen atoms in total. The second kappa shape index (κ2) is 15.9. The van der Waals surface area contributed by atoms with Gasteiger partial charge in [-0.3, -0.25) is 9.59 Å². The van der Waals surface area contributed by atoms with Gasteiger partial charge in [-0.25, -0.2) is 9.59 Å². The third-order valence-corrected chi connectivity index (χ3v) is 5.74. The average Bonchev–Trinajstić information content (AvgIpc) is 2.86. The summed E-state index contributed by atoms with van der Waals surface area (Å²) in [5.41, 5.74) is 5.31. The summed E-state index contributed by atoms with van der Waals surface area (Å²) in [6.07, 6.45) is -2.06. The van der Waals surface area contributed by atoms with Gasteiger partial charge in [-0.1, -0.05) is 54.5 Å². The fraction of sp³-hybridized carbons (Fsp3) is 0.643. The molecule has 11 heteroatoms. The lowest BCUT2D eigenvalue weighted by molar-refractivity contribution is -0.153. The number of carbonyl (C=O) groups excluding carboxylic acids is 4. The lowest BCUT2D eigenvalue weighted by Crippen LogP contribution is -2.51. The van der Waals surface area contributed by atoms with Crippen LogP contribution in [0.2, 0.25) is 0 Å². The molecule has 0 aliphatic rings. The van der Waals surface area contributed by atoms with Crippen LogP contribution in [0.3, 0.4) is 0 Å². The van der Waals surface area contributed by atoms with Gasteiger partial charge in [0.25, 0.3) is 0 Å². The number of carbonyl (C=O) groups is 4. The van der Waals surface area contributed by atoms with E-state index in [0.717, 1.165) is 0 Å². The normalized spacial score (nSPS) is 13.4. The van der Waals surface area contributed by atoms with Gasteiger partial charge in [-0.15, -0.1) is 0 Å². The standard InChI is InChI=1S/C28H43NO10/c1-17(2)15-36-26(32)38-22-10-9-21(13-23(22)39-27(33)37-16-18(3)4)14-28(29,25(31)34-8)11-12-35-24(30)20(7)19(5)6/h9-10,13,17-20H,11-12,14-16,29H2,1-8H3/t20-,28?/m0/s1. The Morgan fingerprint density at radius 2 is 1.36 bits per heavy atom. The van der Waals surface area contributed by atoms with Crippen molar-refractivity contribution in [2.45, 2.75) is 66.8 Å². The van der Waals surface area contributed by atoms with Gasteiger partial charge in [0.1, 0.15) is 5.54 Å². The van der Waals surface area contributed by atoms with Crippen molar-refractivity contribution in [2.24, 2.45) is 29.4 Å². The highest BCUT2D eigenvalue weighted by atomic mass is 16.7. The van der Waals surface area contributed by atoms with Gasteiger partial charge in [0.2, 0.25) is 0 Å². The van der Waals surface area contributed by atoms with Gasteiger partial charge >= 0.3 is 24.2 Å². The summed E-state index contributed by atoms with van der Waals surface area (Å²) in [5, 5.41) is 0. The van der Waals surface area contributed by atoms with Gasteiger partial charge in [0.05, 0.1) is 32.8 Å². The number of ether oxygens (including phenoxy) is 6. The third-order valence-electron chi connectivity index (χ3n) is 5.74. The Morgan fingerprint density at radius 3 is 1.85 bits per heavy atom. The Labute approximate surface area is 230 Å². The topological polar surface area (TPSA) is 150 Å². The Kier molecular flexibility index (Phi) is 13.8. The van der Waals surface area contributed by atoms with Crippen molar-refractivity contribution < 1.29 is 47.6 Å². The predicted octanol–water partition coefficient (Wildman–Crippen LogP) is 4.67. The summed E-state index contributed by atoms with van der Waals surface area (Å²) in [6.45, 7) is 13.2. The van der Waals surface area contributed by atoms with Gasteiger partial charge in [0, 0.05) is 12.8 Å². The van der Waals surface area contributed by atoms with E-state index in [0.29, 0.717) is 5.56 Å². The molecule has 0 aliphatic heterocycles. The number of benzene rings is 1. The molecule has 0 saturated heterocycles. The second-order valence-electron chi connectivity index (χ2n) is 10.7. The number of nitrogens with two attached hydrogens (primary N) is 1. The first kappa shape index (κ1) is 33.7. The molecule has 220 valence electrons. The molecule has 0 fully saturated rings. The van der Waals surface area contributed by atoms with E-state index in [4.69, 9.17) is 34.2 Å². The molecule has 39 heavy (non-hydrogen) atoms. The number of esters is 2. The number of hydrogen-bond donors (Lipinski definition) is 1. The highest BCUT2D eigenvalue weighted by Gasteiger charge is 2.36. The minimum absolute atomic E-state index is 0.0252. The molecule has 0 saturated carbocycles. The second-order valence-corrected chi connectivity index (χ2v) is 10.7. The van der Waals surface area contributed by atoms with Crippen molar-refractivity contribution in [2.75, 3.05) is 26.9 Å². The van der Waals surface area contributed by atoms with E-state index >= 15 is 0 Å². The average molecular weight is 554 g/mol. The van der Waals surface area contributed by atoms with Crippen LogP contribution in [0.1, 0.15) is 60.5 Å². The summed E-state index contributed by atoms with van der Waals surface area (Å²) >= 11 is 0. The van der Waals surface area contributed by atoms with Crippen LogP contribution < -0.4 is 15.2 Å². The summed E-state index contributed by atoms with van der Waals surface area (Å²) < 4.78 is 30.9. The van der Waals surface area contributed by atoms with Gasteiger partial charge in [-0.2, -0.15) is 0 Å². The molecule has 1 rings (SSSR count). The first-order valence-corrected chi connectivity index (χ1v) is 13.0. The minimum Gasteiger partial charge on any atom is -0.468 e. The van der Waals surface area contributed by atoms with Gasteiger partial charge < -0.3 is 34.2 Å². The third kappa shape index (κ3) is 11.9. The monoisotopic (exact) mass is 553 g/mol. The molecular weight excluding hydrogens is 510 g/mol. The molecule has 2 atom stereocenters. The summed E-state index contributed by atoms with van der Waals surface area (Å²) in [7, 11) is 1.20. The maximum atomic E-state index is 12.6. The number of hydrogen-bond acceptors (Lipinski definition) is 11. The van der Waals surface area contributed by atoms with Crippen LogP contribution in [0.15, 0.2) is 18.2 Å². The van der Waals surface area contributed by atoms with Crippen LogP contribution in [-0.2, 0) is 35.0 Å². The van der Waals surface area contributed by atoms with Gasteiger partial charge in [0.15, 0.2) is 11.5 Å². The van der Waals surface area contributed by atoms with Crippen LogP contribution in [0, 0.1) is 23.7 Å². The zero-order valence-electron chi connectivity index (χ0n) is 24.2. The fourth-order valence-electron chi connectivity index (χ4n) is 3.10. The number of rotatable bonds is 14. The molecule has 0 radical (unpaired) electrons. The Bertz CT molecular complexity index is 975. The molecule has 0 bridgehead atoms. The highest BCUT2D eigenvalue weighted by Crippen LogP contribution is 2.31. The largest absolute Gasteiger partial charge is 0.513 e. The maximum absolute atomic E-state index is 12.6. The first-order chi connectivity index (χ1) is 18.2. The van der Waals surface area contributed by atoms with Crippen molar-refractivity contribution >= 4 is 24.2 Å². The van der Waals surface area contributed by atoms with Crippen LogP contribution in [-0.4, -0.2) is 56.7 Å². The van der Waals surface area contributed by atoms with E-state index in [1.165, 1.54) is 19.2 Å². The van der Waals surface area contributed by atoms with E-state index in [9.17, 15) is 19.2 Å². The molecule has 2 N–H and O–H groups in total. The van der Waals surface area contributed by atoms with Crippen LogP contribution in [0.4, 0.5) is 9.59 Å². The zero-order valence-corrected chi connectivity index (χ0v) is 24.2. The van der Waals surface area contributed by atoms with Gasteiger partial charge in [-0.05, 0) is 35.4 Å². The van der Waals surface area contributed by atoms with E-state index in [1.807, 2.05) is 41.5 Å². The molecule has 0 aromatic heterocycles. The van der Waals surface area contributed by atoms with E-state index in [2.05, 4.69) is 0 Å². The molecule has 1 aromatic carbocycles. The maximum Gasteiger partial charge on any atom is 0.513 e. The van der Waals surface area contributed by atoms with Crippen LogP contribution >= 0.6 is 0 Å². The SMILES string of the molecule is COC(=O)C(N)(CCOC(=O)[C@@H](C)C(C)C)Cc1ccc(OC(=O)OCC(C)C)c(OC(=O)OCC(C)C)c1. The van der Waals surface area contributed by atoms with Crippen molar-refractivity contribution in [1.29, 1.82) is 0 Å². The van der Waals surface area contributed by atoms with Crippen LogP contribution in [0.25, 0.3) is 0 Å². The molecular formula is C28H43NO10. The quantitative estimate of drug-likeness (QED) is 0.194. The van der Waals surface area contributed by atoms with Crippen molar-refractivity contribution in [3.05, 3.63) is 23.8 Å². The Hall–Kier alpha value is -3.34. The smallest absolute Gasteiger partial charge is 0.468 e. The molecule has 1 aromatic rings. The van der Waals surface area contributed by atoms with E-state index < -0.39 is 29.8 Å². The molecule has 0 amide bonds. The Morgan fingerprint density at radius 1 is 0.821 bits per heavy atom.